The van der Waals surface area contributed by atoms with Crippen LogP contribution in [0.4, 0.5) is 23.0 Å². The van der Waals surface area contributed by atoms with Gasteiger partial charge in [-0.3, -0.25) is 28.6 Å². The molecule has 0 aliphatic carbocycles. The maximum Gasteiger partial charge on any atom is 0.323 e. The molecular formula is C56H70Cl2N14O11S2. The highest BCUT2D eigenvalue weighted by molar-refractivity contribution is 7.92. The molecule has 6 aliphatic rings. The number of aliphatic hydroxyl groups is 1. The van der Waals surface area contributed by atoms with Crippen LogP contribution in [0, 0.1) is 13.8 Å². The number of carbonyl (C=O) groups excluding carboxylic acids is 3. The van der Waals surface area contributed by atoms with Crippen LogP contribution >= 0.6 is 23.2 Å². The van der Waals surface area contributed by atoms with E-state index in [2.05, 4.69) is 25.0 Å². The molecule has 2 amide bonds. The molecule has 85 heavy (non-hydrogen) atoms. The molecule has 25 nitrogen and oxygen atoms in total. The van der Waals surface area contributed by atoms with E-state index in [-0.39, 0.29) is 76.7 Å². The van der Waals surface area contributed by atoms with Gasteiger partial charge in [0.15, 0.2) is 11.3 Å². The number of aliphatic carboxylic acids is 1. The van der Waals surface area contributed by atoms with Crippen molar-refractivity contribution in [2.24, 2.45) is 0 Å². The number of nitrogens with one attached hydrogen (secondary N) is 4. The highest BCUT2D eigenvalue weighted by atomic mass is 35.5. The Balaban J connectivity index is 0.000000169. The van der Waals surface area contributed by atoms with Crippen LogP contribution in [-0.2, 0) is 34.4 Å². The molecule has 4 aromatic heterocycles. The van der Waals surface area contributed by atoms with Gasteiger partial charge in [0.1, 0.15) is 29.8 Å². The summed E-state index contributed by atoms with van der Waals surface area (Å²) in [6.45, 7) is 8.93. The van der Waals surface area contributed by atoms with Crippen LogP contribution in [0.15, 0.2) is 60.9 Å². The number of β-amino-alcohol motifs (C(OH)–C–C–N with tert-alkyl or cyclic N) is 1. The van der Waals surface area contributed by atoms with Gasteiger partial charge in [-0.2, -0.15) is 10.2 Å². The lowest BCUT2D eigenvalue weighted by Crippen LogP contribution is -2.54. The van der Waals surface area contributed by atoms with Crippen LogP contribution in [0.2, 0.25) is 10.0 Å². The molecule has 0 saturated carbocycles. The number of fused-ring (bicyclic) bond motifs is 2. The number of esters is 1. The Morgan fingerprint density at radius 1 is 0.624 bits per heavy atom. The van der Waals surface area contributed by atoms with Gasteiger partial charge >= 0.3 is 11.9 Å². The summed E-state index contributed by atoms with van der Waals surface area (Å²) in [6, 6.07) is 11.8. The number of carboxylic acids is 1. The molecule has 6 saturated heterocycles. The number of anilines is 4. The van der Waals surface area contributed by atoms with Gasteiger partial charge in [0.05, 0.1) is 77.7 Å². The second kappa shape index (κ2) is 25.6. The predicted molar refractivity (Wildman–Crippen MR) is 321 cm³/mol. The lowest BCUT2D eigenvalue weighted by Gasteiger charge is -2.40. The van der Waals surface area contributed by atoms with E-state index in [4.69, 9.17) is 53.2 Å². The minimum atomic E-state index is -3.61. The van der Waals surface area contributed by atoms with E-state index in [1.165, 1.54) is 24.3 Å². The van der Waals surface area contributed by atoms with E-state index in [1.54, 1.807) is 31.0 Å². The topological polar surface area (TPSA) is 308 Å². The van der Waals surface area contributed by atoms with Gasteiger partial charge in [-0.05, 0) is 128 Å². The van der Waals surface area contributed by atoms with Crippen molar-refractivity contribution in [3.63, 3.8) is 0 Å². The minimum absolute atomic E-state index is 0.159. The molecule has 4 atom stereocenters. The molecule has 6 fully saturated rings. The monoisotopic (exact) mass is 1250 g/mol. The number of rotatable bonds is 13. The highest BCUT2D eigenvalue weighted by Gasteiger charge is 2.37. The molecule has 0 spiro atoms. The Morgan fingerprint density at radius 2 is 1.07 bits per heavy atom. The van der Waals surface area contributed by atoms with Crippen molar-refractivity contribution in [3.8, 4) is 0 Å². The van der Waals surface area contributed by atoms with Crippen LogP contribution in [-0.4, -0.2) is 179 Å². The zero-order valence-corrected chi connectivity index (χ0v) is 50.7. The molecule has 6 aromatic rings. The fourth-order valence-corrected chi connectivity index (χ4v) is 13.1. The summed E-state index contributed by atoms with van der Waals surface area (Å²) < 4.78 is 61.6. The van der Waals surface area contributed by atoms with Crippen LogP contribution < -0.4 is 29.9 Å². The first-order chi connectivity index (χ1) is 40.4. The number of hydrogen-bond acceptors (Lipinski definition) is 18. The van der Waals surface area contributed by atoms with Crippen molar-refractivity contribution in [2.45, 2.75) is 114 Å². The molecular weight excluding hydrogens is 1180 g/mol. The molecule has 12 rings (SSSR count). The fraction of sp³-hybridized carbons (Fsp3) is 0.500. The molecule has 2 aromatic carbocycles. The first kappa shape index (κ1) is 61.2. The molecule has 29 heteroatoms. The van der Waals surface area contributed by atoms with Gasteiger partial charge in [-0.15, -0.1) is 0 Å². The first-order valence-electron chi connectivity index (χ1n) is 28.4. The Morgan fingerprint density at radius 3 is 1.47 bits per heavy atom. The average Bonchev–Trinajstić information content (AvgIpc) is 1.95. The van der Waals surface area contributed by atoms with E-state index < -0.39 is 26.0 Å². The largest absolute Gasteiger partial charge is 0.480 e. The summed E-state index contributed by atoms with van der Waals surface area (Å²) in [5.74, 6) is 0.112. The number of hydrogen-bond donors (Lipinski definition) is 6. The number of carboxylic acid groups (broad SMARTS) is 1. The van der Waals surface area contributed by atoms with Crippen molar-refractivity contribution in [1.82, 2.24) is 49.6 Å². The third-order valence-corrected chi connectivity index (χ3v) is 17.4. The van der Waals surface area contributed by atoms with Gasteiger partial charge in [0.2, 0.25) is 20.0 Å². The summed E-state index contributed by atoms with van der Waals surface area (Å²) in [5.41, 5.74) is 5.42. The van der Waals surface area contributed by atoms with Gasteiger partial charge < -0.3 is 45.2 Å². The maximum atomic E-state index is 13.8. The zero-order valence-electron chi connectivity index (χ0n) is 47.6. The van der Waals surface area contributed by atoms with Crippen molar-refractivity contribution < 1.29 is 51.0 Å². The van der Waals surface area contributed by atoms with E-state index in [9.17, 15) is 41.1 Å². The first-order valence-corrected chi connectivity index (χ1v) is 33.0. The smallest absolute Gasteiger partial charge is 0.323 e. The minimum Gasteiger partial charge on any atom is -0.480 e. The van der Waals surface area contributed by atoms with Gasteiger partial charge in [-0.1, -0.05) is 23.2 Å². The number of likely N-dealkylation sites (tertiary alicyclic amines) is 2. The SMILES string of the molecule is Cc1cn2nc([C@@H]3CCCCN3C(=O)c3cc(Cl)ccc3NS(C)(=O)=O)cc2nc1N1CC(O)C1.Cc1cn2nc([C@@H]3CCCCN3C(=O)c3cc(Cl)ccc3NS(C)(=O)=O)cc2nc1N1CC(OC(=O)[C@@H]2CCCN2)C1.O=C(O)[C@@H]1CCCN1. The molecule has 0 radical (unpaired) electrons. The number of aryl methyl sites for hydroxylation is 2. The van der Waals surface area contributed by atoms with Crippen molar-refractivity contribution in [2.75, 3.05) is 84.1 Å². The predicted octanol–water partition coefficient (Wildman–Crippen LogP) is 5.35. The van der Waals surface area contributed by atoms with Crippen molar-refractivity contribution in [3.05, 3.63) is 105 Å². The average molecular weight is 1250 g/mol. The lowest BCUT2D eigenvalue weighted by molar-refractivity contribution is -0.152. The summed E-state index contributed by atoms with van der Waals surface area (Å²) >= 11 is 12.4. The van der Waals surface area contributed by atoms with E-state index in [0.29, 0.717) is 72.7 Å². The Labute approximate surface area is 502 Å². The number of benzene rings is 2. The van der Waals surface area contributed by atoms with Crippen LogP contribution in [0.3, 0.4) is 0 Å². The molecule has 0 bridgehead atoms. The second-order valence-electron chi connectivity index (χ2n) is 22.5. The van der Waals surface area contributed by atoms with Gasteiger partial charge in [0.25, 0.3) is 11.8 Å². The number of sulfonamides is 2. The Hall–Kier alpha value is -6.88. The van der Waals surface area contributed by atoms with Gasteiger partial charge in [-0.25, -0.2) is 35.8 Å². The third kappa shape index (κ3) is 14.5. The number of halogens is 2. The Kier molecular flexibility index (Phi) is 18.4. The number of aliphatic hydroxyl groups excluding tert-OH is 1. The number of aromatic nitrogens is 6. The third-order valence-electron chi connectivity index (χ3n) is 15.8. The fourth-order valence-electron chi connectivity index (χ4n) is 11.6. The summed E-state index contributed by atoms with van der Waals surface area (Å²) in [4.78, 5) is 67.2. The number of nitrogens with zero attached hydrogens (tertiary/aromatic N) is 10. The highest BCUT2D eigenvalue weighted by Crippen LogP contribution is 2.37. The van der Waals surface area contributed by atoms with Crippen molar-refractivity contribution >= 4 is 101 Å². The van der Waals surface area contributed by atoms with Crippen LogP contribution in [0.25, 0.3) is 11.3 Å². The summed E-state index contributed by atoms with van der Waals surface area (Å²) in [6.07, 6.45) is 14.0. The summed E-state index contributed by atoms with van der Waals surface area (Å²) in [5, 5.41) is 34.3. The number of piperidine rings is 2. The van der Waals surface area contributed by atoms with Crippen molar-refractivity contribution in [1.29, 1.82) is 0 Å². The molecule has 6 aliphatic heterocycles. The van der Waals surface area contributed by atoms with E-state index in [0.717, 1.165) is 112 Å². The normalized spacial score (nSPS) is 21.1. The van der Waals surface area contributed by atoms with E-state index in [1.807, 2.05) is 43.3 Å². The number of ether oxygens (including phenoxy) is 1. The quantitative estimate of drug-likeness (QED) is 0.0794. The second-order valence-corrected chi connectivity index (χ2v) is 26.9. The molecule has 6 N–H and O–H groups in total. The summed E-state index contributed by atoms with van der Waals surface area (Å²) in [7, 11) is -7.19. The molecule has 0 unspecified atom stereocenters. The zero-order chi connectivity index (χ0) is 60.5. The van der Waals surface area contributed by atoms with Crippen LogP contribution in [0.5, 0.6) is 0 Å². The Bertz CT molecular complexity index is 3730. The van der Waals surface area contributed by atoms with Gasteiger partial charge in [0, 0.05) is 71.9 Å². The standard InChI is InChI=1S/C28H34ClN7O5S.C23H27ClN6O4S.C5H9NO2/c1-17-14-36-25(31-26(17)34-15-19(16-34)41-28(38)22-6-5-10-30-22)13-23(32-36)24-7-3-4-11-35(24)27(37)20-12-18(29)8-9-21(20)33-42(2,39)40;1-14-11-30-21(25-22(14)28-12-16(31)13-28)10-19(26-30)20-5-3-4-8-29(20)23(32)17-9-15(24)6-7-18(17)27-35(2,33)34;7-5(8)4-2-1-3-6-4/h8-9,12-14,19,22,24,30,33H,3-7,10-11,15-16H2,1-2H3;6-7,9-11,16,20,27,31H,3-5,8,12-13H2,1-2H3;4,6H,1-3H2,(H,7,8)/t22-,24-;20-;4-/m000/s1. The van der Waals surface area contributed by atoms with E-state index >= 15 is 0 Å². The number of amides is 2. The molecule has 10 heterocycles. The maximum absolute atomic E-state index is 13.8. The molecule has 456 valence electrons. The van der Waals surface area contributed by atoms with Crippen LogP contribution in [0.1, 0.15) is 120 Å². The lowest BCUT2D eigenvalue weighted by atomic mass is 9.98. The number of carbonyl (C=O) groups is 4.